The molecule has 0 aliphatic carbocycles. The van der Waals surface area contributed by atoms with Gasteiger partial charge >= 0.3 is 15.4 Å². The Balaban J connectivity index is 2.53. The molecule has 0 radical (unpaired) electrons. The van der Waals surface area contributed by atoms with Crippen LogP contribution in [0.2, 0.25) is 0 Å². The molecule has 1 fully saturated rings. The van der Waals surface area contributed by atoms with Gasteiger partial charge in [-0.05, 0) is 14.2 Å². The highest BCUT2D eigenvalue weighted by atomic mass is 32.4. The van der Waals surface area contributed by atoms with Crippen molar-refractivity contribution in [3.8, 4) is 0 Å². The van der Waals surface area contributed by atoms with Crippen LogP contribution in [-0.4, -0.2) is 0 Å². The highest BCUT2D eigenvalue weighted by molar-refractivity contribution is 8.44. The zero-order valence-corrected chi connectivity index (χ0v) is 6.95. The molecule has 0 N–H and O–H groups in total. The quantitative estimate of drug-likeness (QED) is 0.310. The molecule has 0 aromatic carbocycles. The van der Waals surface area contributed by atoms with Crippen molar-refractivity contribution in [1.29, 1.82) is 0 Å². The molecule has 1 aliphatic rings. The number of hydrogen-bond acceptors (Lipinski definition) is 5. The SMILES string of the molecule is O=[PH]1O[O+]([O-])O[PH](=O)P1. The fraction of sp³-hybridized carbons (Fsp3) is 0. The fourth-order valence-corrected chi connectivity index (χ4v) is 4.31. The van der Waals surface area contributed by atoms with Gasteiger partial charge in [0.25, 0.3) is 0 Å². The third-order valence-electron chi connectivity index (χ3n) is 0.492. The third kappa shape index (κ3) is 2.44. The summed E-state index contributed by atoms with van der Waals surface area (Å²) in [6, 6.07) is 0. The van der Waals surface area contributed by atoms with E-state index >= 15 is 0 Å². The average molecular weight is 192 g/mol. The maximum Gasteiger partial charge on any atom is 0.305 e. The predicted molar refractivity (Wildman–Crippen MR) is 29.6 cm³/mol. The van der Waals surface area contributed by atoms with Crippen molar-refractivity contribution >= 4 is 23.4 Å². The number of hydrogen-bond donors (Lipinski definition) is 0. The molecule has 54 valence electrons. The van der Waals surface area contributed by atoms with Gasteiger partial charge in [0.2, 0.25) is 0 Å². The minimum atomic E-state index is -2.43. The second-order valence-electron chi connectivity index (χ2n) is 1.07. The molecule has 9 heteroatoms. The maximum atomic E-state index is 10.3. The molecule has 1 rings (SSSR count). The first-order chi connectivity index (χ1) is 4.18. The number of rotatable bonds is 0. The third-order valence-corrected chi connectivity index (χ3v) is 6.87. The summed E-state index contributed by atoms with van der Waals surface area (Å²) in [5.74, 6) is 0. The van der Waals surface area contributed by atoms with Crippen molar-refractivity contribution in [3.63, 3.8) is 0 Å². The lowest BCUT2D eigenvalue weighted by Crippen LogP contribution is -2.22. The van der Waals surface area contributed by atoms with E-state index in [1.54, 1.807) is 0 Å². The summed E-state index contributed by atoms with van der Waals surface area (Å²) >= 11 is 0. The first-order valence-electron chi connectivity index (χ1n) is 1.82. The van der Waals surface area contributed by atoms with Gasteiger partial charge < -0.3 is 5.26 Å². The van der Waals surface area contributed by atoms with Crippen molar-refractivity contribution in [3.05, 3.63) is 0 Å². The van der Waals surface area contributed by atoms with Crippen LogP contribution < -0.4 is 5.26 Å². The Hall–Kier alpha value is 0.730. The van der Waals surface area contributed by atoms with Crippen molar-refractivity contribution in [2.24, 2.45) is 0 Å². The van der Waals surface area contributed by atoms with Crippen molar-refractivity contribution < 1.29 is 28.6 Å². The lowest BCUT2D eigenvalue weighted by molar-refractivity contribution is -0.976. The molecule has 9 heavy (non-hydrogen) atoms. The van der Waals surface area contributed by atoms with E-state index in [1.807, 2.05) is 0 Å². The van der Waals surface area contributed by atoms with Gasteiger partial charge in [-0.2, -0.15) is 0 Å². The van der Waals surface area contributed by atoms with Crippen LogP contribution in [-0.2, 0) is 23.3 Å². The first kappa shape index (κ1) is 7.83. The molecule has 1 aliphatic heterocycles. The summed E-state index contributed by atoms with van der Waals surface area (Å²) in [7, 11) is -5.24. The van der Waals surface area contributed by atoms with Crippen LogP contribution in [0, 0.1) is 0 Å². The summed E-state index contributed by atoms with van der Waals surface area (Å²) in [5, 5.41) is 9.93. The van der Waals surface area contributed by atoms with E-state index in [0.717, 1.165) is 0 Å². The molecule has 2 unspecified atom stereocenters. The van der Waals surface area contributed by atoms with Crippen LogP contribution in [0.1, 0.15) is 0 Å². The molecule has 1 saturated heterocycles. The molecule has 0 spiro atoms. The summed E-state index contributed by atoms with van der Waals surface area (Å²) in [6.45, 7) is 0. The van der Waals surface area contributed by atoms with Crippen LogP contribution in [0.4, 0.5) is 0 Å². The van der Waals surface area contributed by atoms with Crippen molar-refractivity contribution in [2.75, 3.05) is 0 Å². The Kier molecular flexibility index (Phi) is 2.80. The van der Waals surface area contributed by atoms with E-state index in [1.165, 1.54) is 0 Å². The molecule has 1 heterocycles. The zero-order valence-electron chi connectivity index (χ0n) is 3.95. The Bertz CT molecular complexity index is 134. The Morgan fingerprint density at radius 2 is 1.78 bits per heavy atom. The Morgan fingerprint density at radius 1 is 1.33 bits per heavy atom. The van der Waals surface area contributed by atoms with Crippen LogP contribution in [0.5, 0.6) is 0 Å². The minimum absolute atomic E-state index is 0.372. The second kappa shape index (κ2) is 3.22. The molecule has 0 aromatic heterocycles. The highest BCUT2D eigenvalue weighted by Crippen LogP contribution is 2.67. The predicted octanol–water partition coefficient (Wildman–Crippen LogP) is 0.149. The molecule has 2 atom stereocenters. The van der Waals surface area contributed by atoms with Gasteiger partial charge in [0, 0.05) is 0 Å². The summed E-state index contributed by atoms with van der Waals surface area (Å²) in [5.41, 5.74) is 0. The molecular formula is H3O6P3. The highest BCUT2D eigenvalue weighted by Gasteiger charge is 2.25. The summed E-state index contributed by atoms with van der Waals surface area (Å²) in [6.07, 6.45) is 0. The van der Waals surface area contributed by atoms with Gasteiger partial charge in [0.05, 0.1) is 7.96 Å². The molecule has 0 saturated carbocycles. The molecule has 0 amide bonds. The molecule has 0 aromatic rings. The van der Waals surface area contributed by atoms with Gasteiger partial charge in [0.1, 0.15) is 0 Å². The van der Waals surface area contributed by atoms with Gasteiger partial charge in [-0.15, -0.1) is 0 Å². The van der Waals surface area contributed by atoms with Crippen LogP contribution >= 0.6 is 23.4 Å². The van der Waals surface area contributed by atoms with Crippen molar-refractivity contribution in [2.45, 2.75) is 0 Å². The molecule has 6 nitrogen and oxygen atoms in total. The van der Waals surface area contributed by atoms with Crippen LogP contribution in [0.3, 0.4) is 0 Å². The average Bonchev–Trinajstić information content (AvgIpc) is 1.59. The van der Waals surface area contributed by atoms with E-state index in [2.05, 4.69) is 9.35 Å². The smallest absolute Gasteiger partial charge is 0.305 e. The normalized spacial score (nSPS) is 41.4. The van der Waals surface area contributed by atoms with E-state index in [9.17, 15) is 14.4 Å². The lowest BCUT2D eigenvalue weighted by atomic mass is 14.2. The summed E-state index contributed by atoms with van der Waals surface area (Å²) < 4.78 is 28.5. The second-order valence-corrected chi connectivity index (χ2v) is 8.25. The Labute approximate surface area is 52.9 Å². The summed E-state index contributed by atoms with van der Waals surface area (Å²) in [4.78, 5) is 0.372. The maximum absolute atomic E-state index is 10.3. The monoisotopic (exact) mass is 192 g/mol. The van der Waals surface area contributed by atoms with Crippen molar-refractivity contribution in [1.82, 2.24) is 0 Å². The fourth-order valence-electron chi connectivity index (χ4n) is 0.266. The van der Waals surface area contributed by atoms with E-state index in [4.69, 9.17) is 0 Å². The largest absolute Gasteiger partial charge is 0.435 e. The van der Waals surface area contributed by atoms with Gasteiger partial charge in [-0.3, -0.25) is 9.13 Å². The lowest BCUT2D eigenvalue weighted by Gasteiger charge is -2.13. The first-order valence-corrected chi connectivity index (χ1v) is 7.45. The van der Waals surface area contributed by atoms with Crippen LogP contribution in [0.15, 0.2) is 0 Å². The van der Waals surface area contributed by atoms with Gasteiger partial charge in [-0.25, -0.2) is 0 Å². The molecular weight excluding hydrogens is 189 g/mol. The van der Waals surface area contributed by atoms with E-state index in [-0.39, 0.29) is 7.96 Å². The van der Waals surface area contributed by atoms with E-state index in [0.29, 0.717) is 4.82 Å². The van der Waals surface area contributed by atoms with E-state index < -0.39 is 15.4 Å². The Morgan fingerprint density at radius 3 is 2.11 bits per heavy atom. The van der Waals surface area contributed by atoms with Crippen LogP contribution in [0.25, 0.3) is 0 Å². The molecule has 0 bridgehead atoms. The topological polar surface area (TPSA) is 78.4 Å². The van der Waals surface area contributed by atoms with Gasteiger partial charge in [-0.1, -0.05) is 0 Å². The minimum Gasteiger partial charge on any atom is -0.435 e. The standard InChI is InChI=1S/H3O6P3/c1-6-4-8(2)7-9(3)5-6/h7-9H. The van der Waals surface area contributed by atoms with Gasteiger partial charge in [0.15, 0.2) is 0 Å². The zero-order chi connectivity index (χ0) is 6.85.